The summed E-state index contributed by atoms with van der Waals surface area (Å²) in [5.74, 6) is -0.367. The topological polar surface area (TPSA) is 111 Å². The zero-order chi connectivity index (χ0) is 20.4. The molecule has 0 saturated heterocycles. The maximum absolute atomic E-state index is 12.9. The summed E-state index contributed by atoms with van der Waals surface area (Å²) in [5.41, 5.74) is 6.96. The number of hydrogen-bond donors (Lipinski definition) is 2. The molecule has 1 aromatic heterocycles. The molecule has 0 fully saturated rings. The Morgan fingerprint density at radius 3 is 2.57 bits per heavy atom. The number of methoxy groups -OCH3 is 2. The zero-order valence-electron chi connectivity index (χ0n) is 15.8. The second-order valence-corrected chi connectivity index (χ2v) is 7.36. The summed E-state index contributed by atoms with van der Waals surface area (Å²) < 4.78 is 10.5. The predicted octanol–water partition coefficient (Wildman–Crippen LogP) is 2.02. The van der Waals surface area contributed by atoms with E-state index < -0.39 is 11.8 Å². The Kier molecular flexibility index (Phi) is 5.55. The number of rotatable bonds is 5. The zero-order valence-corrected chi connectivity index (χ0v) is 16.6. The molecule has 3 N–H and O–H groups in total. The highest BCUT2D eigenvalue weighted by molar-refractivity contribution is 7.17. The summed E-state index contributed by atoms with van der Waals surface area (Å²) in [4.78, 5) is 39.1. The van der Waals surface area contributed by atoms with Crippen molar-refractivity contribution in [3.8, 4) is 11.5 Å². The van der Waals surface area contributed by atoms with E-state index in [9.17, 15) is 14.4 Å². The first-order chi connectivity index (χ1) is 13.4. The van der Waals surface area contributed by atoms with E-state index in [2.05, 4.69) is 5.32 Å². The number of nitrogens with two attached hydrogens (primary N) is 1. The average Bonchev–Trinajstić information content (AvgIpc) is 3.03. The molecule has 0 bridgehead atoms. The summed E-state index contributed by atoms with van der Waals surface area (Å²) in [7, 11) is 2.93. The summed E-state index contributed by atoms with van der Waals surface area (Å²) in [6, 6.07) is 4.96. The van der Waals surface area contributed by atoms with Gasteiger partial charge in [0.05, 0.1) is 31.9 Å². The first-order valence-corrected chi connectivity index (χ1v) is 9.41. The van der Waals surface area contributed by atoms with Gasteiger partial charge in [0, 0.05) is 18.3 Å². The summed E-state index contributed by atoms with van der Waals surface area (Å²) in [6.07, 6.45) is 0.516. The Morgan fingerprint density at radius 2 is 1.96 bits per heavy atom. The molecule has 2 aromatic rings. The average molecular weight is 403 g/mol. The number of fused-ring (bicyclic) bond motifs is 1. The van der Waals surface area contributed by atoms with Crippen molar-refractivity contribution in [1.82, 2.24) is 4.90 Å². The monoisotopic (exact) mass is 403 g/mol. The van der Waals surface area contributed by atoms with Crippen LogP contribution in [-0.4, -0.2) is 43.4 Å². The van der Waals surface area contributed by atoms with Crippen molar-refractivity contribution in [1.29, 1.82) is 0 Å². The van der Waals surface area contributed by atoms with E-state index in [-0.39, 0.29) is 11.5 Å². The van der Waals surface area contributed by atoms with Gasteiger partial charge in [-0.25, -0.2) is 0 Å². The Labute approximate surface area is 166 Å². The molecule has 28 heavy (non-hydrogen) atoms. The number of primary amides is 1. The molecule has 0 aliphatic carbocycles. The normalized spacial score (nSPS) is 12.9. The number of benzene rings is 1. The minimum atomic E-state index is -0.610. The van der Waals surface area contributed by atoms with Crippen LogP contribution in [0.1, 0.15) is 38.1 Å². The number of nitrogens with one attached hydrogen (secondary N) is 1. The maximum atomic E-state index is 12.9. The number of hydrogen-bond acceptors (Lipinski definition) is 6. The number of para-hydroxylation sites is 1. The fraction of sp³-hybridized carbons (Fsp3) is 0.316. The van der Waals surface area contributed by atoms with Crippen molar-refractivity contribution < 1.29 is 23.9 Å². The first-order valence-electron chi connectivity index (χ1n) is 8.59. The fourth-order valence-electron chi connectivity index (χ4n) is 3.26. The van der Waals surface area contributed by atoms with Crippen LogP contribution in [-0.2, 0) is 17.8 Å². The third-order valence-electron chi connectivity index (χ3n) is 4.62. The van der Waals surface area contributed by atoms with Gasteiger partial charge in [-0.3, -0.25) is 14.4 Å². The number of carbonyl (C=O) groups excluding carboxylic acids is 3. The second kappa shape index (κ2) is 7.89. The molecule has 2 heterocycles. The standard InChI is InChI=1S/C19H21N3O5S/c1-10(23)22-8-7-11-14(9-22)28-19(15(11)17(20)24)21-18(25)12-5-4-6-13(26-2)16(12)27-3/h4-6H,7-9H2,1-3H3,(H2,20,24)(H,21,25). The van der Waals surface area contributed by atoms with Crippen molar-refractivity contribution in [2.45, 2.75) is 19.9 Å². The first kappa shape index (κ1) is 19.7. The van der Waals surface area contributed by atoms with Crippen molar-refractivity contribution in [3.63, 3.8) is 0 Å². The van der Waals surface area contributed by atoms with Crippen molar-refractivity contribution >= 4 is 34.1 Å². The van der Waals surface area contributed by atoms with E-state index >= 15 is 0 Å². The number of amides is 3. The van der Waals surface area contributed by atoms with Crippen LogP contribution in [0, 0.1) is 0 Å². The molecule has 0 spiro atoms. The van der Waals surface area contributed by atoms with E-state index in [0.29, 0.717) is 41.6 Å². The highest BCUT2D eigenvalue weighted by Crippen LogP contribution is 2.38. The van der Waals surface area contributed by atoms with Gasteiger partial charge >= 0.3 is 0 Å². The van der Waals surface area contributed by atoms with Gasteiger partial charge in [-0.05, 0) is 24.1 Å². The van der Waals surface area contributed by atoms with E-state index in [0.717, 1.165) is 10.4 Å². The Balaban J connectivity index is 1.96. The summed E-state index contributed by atoms with van der Waals surface area (Å²) in [5, 5.41) is 3.15. The SMILES string of the molecule is COc1cccc(C(=O)Nc2sc3c(c2C(N)=O)CCN(C(C)=O)C3)c1OC. The maximum Gasteiger partial charge on any atom is 0.260 e. The van der Waals surface area contributed by atoms with Crippen LogP contribution in [0.3, 0.4) is 0 Å². The minimum absolute atomic E-state index is 0.0358. The van der Waals surface area contributed by atoms with Gasteiger partial charge in [-0.1, -0.05) is 6.07 Å². The molecule has 0 unspecified atom stereocenters. The largest absolute Gasteiger partial charge is 0.493 e. The second-order valence-electron chi connectivity index (χ2n) is 6.26. The van der Waals surface area contributed by atoms with Gasteiger partial charge in [0.15, 0.2) is 11.5 Å². The number of anilines is 1. The van der Waals surface area contributed by atoms with Gasteiger partial charge in [-0.15, -0.1) is 11.3 Å². The van der Waals surface area contributed by atoms with Gasteiger partial charge in [0.2, 0.25) is 5.91 Å². The number of carbonyl (C=O) groups is 3. The lowest BCUT2D eigenvalue weighted by Crippen LogP contribution is -2.34. The molecule has 9 heteroatoms. The Hall–Kier alpha value is -3.07. The van der Waals surface area contributed by atoms with Gasteiger partial charge in [0.1, 0.15) is 5.00 Å². The molecule has 3 amide bonds. The molecule has 1 aromatic carbocycles. The fourth-order valence-corrected chi connectivity index (χ4v) is 4.52. The highest BCUT2D eigenvalue weighted by Gasteiger charge is 2.29. The Bertz CT molecular complexity index is 953. The molecule has 148 valence electrons. The number of thiophene rings is 1. The highest BCUT2D eigenvalue weighted by atomic mass is 32.1. The lowest BCUT2D eigenvalue weighted by molar-refractivity contribution is -0.129. The smallest absolute Gasteiger partial charge is 0.260 e. The summed E-state index contributed by atoms with van der Waals surface area (Å²) in [6.45, 7) is 2.41. The van der Waals surface area contributed by atoms with Gasteiger partial charge in [-0.2, -0.15) is 0 Å². The Morgan fingerprint density at radius 1 is 1.21 bits per heavy atom. The summed E-state index contributed by atoms with van der Waals surface area (Å²) >= 11 is 1.26. The predicted molar refractivity (Wildman–Crippen MR) is 105 cm³/mol. The van der Waals surface area contributed by atoms with Crippen molar-refractivity contribution in [2.24, 2.45) is 5.73 Å². The van der Waals surface area contributed by atoms with E-state index in [1.54, 1.807) is 23.1 Å². The van der Waals surface area contributed by atoms with Crippen molar-refractivity contribution in [2.75, 3.05) is 26.1 Å². The number of ether oxygens (including phenoxy) is 2. The van der Waals surface area contributed by atoms with Gasteiger partial charge in [0.25, 0.3) is 11.8 Å². The van der Waals surface area contributed by atoms with Crippen LogP contribution in [0.4, 0.5) is 5.00 Å². The molecule has 1 aliphatic heterocycles. The van der Waals surface area contributed by atoms with Crippen LogP contribution in [0.5, 0.6) is 11.5 Å². The molecule has 1 aliphatic rings. The third-order valence-corrected chi connectivity index (χ3v) is 5.76. The van der Waals surface area contributed by atoms with Crippen LogP contribution in [0.2, 0.25) is 0 Å². The minimum Gasteiger partial charge on any atom is -0.493 e. The quantitative estimate of drug-likeness (QED) is 0.793. The van der Waals surface area contributed by atoms with Crippen LogP contribution in [0.25, 0.3) is 0 Å². The molecule has 3 rings (SSSR count). The molecule has 8 nitrogen and oxygen atoms in total. The van der Waals surface area contributed by atoms with Gasteiger partial charge < -0.3 is 25.4 Å². The lowest BCUT2D eigenvalue weighted by atomic mass is 10.0. The molecule has 0 saturated carbocycles. The molecular weight excluding hydrogens is 382 g/mol. The lowest BCUT2D eigenvalue weighted by Gasteiger charge is -2.25. The molecular formula is C19H21N3O5S. The molecule has 0 atom stereocenters. The van der Waals surface area contributed by atoms with Crippen LogP contribution >= 0.6 is 11.3 Å². The third kappa shape index (κ3) is 3.53. The number of nitrogens with zero attached hydrogens (tertiary/aromatic N) is 1. The van der Waals surface area contributed by atoms with E-state index in [1.165, 1.54) is 32.5 Å². The van der Waals surface area contributed by atoms with Crippen LogP contribution < -0.4 is 20.5 Å². The van der Waals surface area contributed by atoms with Crippen LogP contribution in [0.15, 0.2) is 18.2 Å². The van der Waals surface area contributed by atoms with E-state index in [1.807, 2.05) is 0 Å². The molecule has 0 radical (unpaired) electrons. The van der Waals surface area contributed by atoms with E-state index in [4.69, 9.17) is 15.2 Å². The van der Waals surface area contributed by atoms with Crippen molar-refractivity contribution in [3.05, 3.63) is 39.8 Å².